The third-order valence-electron chi connectivity index (χ3n) is 3.54. The van der Waals surface area contributed by atoms with Crippen LogP contribution in [0.5, 0.6) is 0 Å². The van der Waals surface area contributed by atoms with Crippen molar-refractivity contribution in [2.45, 2.75) is 26.2 Å². The van der Waals surface area contributed by atoms with E-state index in [0.717, 1.165) is 30.5 Å². The molecule has 3 nitrogen and oxygen atoms in total. The maximum atomic E-state index is 13.5. The molecule has 0 radical (unpaired) electrons. The molecular formula is C15H15FN2O. The molecule has 4 heteroatoms. The molecule has 0 saturated carbocycles. The molecule has 1 N–H and O–H groups in total. The number of rotatable bonds is 2. The second kappa shape index (κ2) is 4.61. The summed E-state index contributed by atoms with van der Waals surface area (Å²) >= 11 is 0. The van der Waals surface area contributed by atoms with E-state index in [-0.39, 0.29) is 11.7 Å². The van der Waals surface area contributed by atoms with Crippen LogP contribution in [0, 0.1) is 5.82 Å². The van der Waals surface area contributed by atoms with Gasteiger partial charge in [0.2, 0.25) is 0 Å². The Bertz CT molecular complexity index is 667. The summed E-state index contributed by atoms with van der Waals surface area (Å²) in [5, 5.41) is 3.43. The van der Waals surface area contributed by atoms with Crippen molar-refractivity contribution in [3.05, 3.63) is 40.8 Å². The van der Waals surface area contributed by atoms with Gasteiger partial charge >= 0.3 is 0 Å². The van der Waals surface area contributed by atoms with Crippen LogP contribution in [0.15, 0.2) is 18.2 Å². The summed E-state index contributed by atoms with van der Waals surface area (Å²) in [6, 6.07) is 4.44. The third kappa shape index (κ3) is 1.97. The average Bonchev–Trinajstić information content (AvgIpc) is 2.83. The first kappa shape index (κ1) is 12.1. The van der Waals surface area contributed by atoms with Crippen LogP contribution < -0.4 is 5.32 Å². The van der Waals surface area contributed by atoms with Crippen molar-refractivity contribution in [1.82, 2.24) is 10.3 Å². The highest BCUT2D eigenvalue weighted by Gasteiger charge is 2.23. The van der Waals surface area contributed by atoms with E-state index < -0.39 is 0 Å². The molecule has 3 rings (SSSR count). The first-order valence-corrected chi connectivity index (χ1v) is 6.60. The Morgan fingerprint density at radius 1 is 1.42 bits per heavy atom. The lowest BCUT2D eigenvalue weighted by Gasteiger charge is -2.12. The Balaban J connectivity index is 2.31. The van der Waals surface area contributed by atoms with Gasteiger partial charge in [0.1, 0.15) is 5.82 Å². The third-order valence-corrected chi connectivity index (χ3v) is 3.54. The molecule has 0 bridgehead atoms. The Morgan fingerprint density at radius 3 is 3.05 bits per heavy atom. The van der Waals surface area contributed by atoms with E-state index >= 15 is 0 Å². The molecule has 1 aliphatic carbocycles. The SMILES string of the molecule is CCNC(=O)c1c2c(nc3ccc(F)cc13)CCC2. The number of fused-ring (bicyclic) bond motifs is 2. The number of pyridine rings is 1. The minimum atomic E-state index is -0.335. The topological polar surface area (TPSA) is 42.0 Å². The molecule has 1 aromatic carbocycles. The second-order valence-corrected chi connectivity index (χ2v) is 4.79. The molecule has 1 aliphatic rings. The number of halogens is 1. The van der Waals surface area contributed by atoms with Crippen molar-refractivity contribution in [3.63, 3.8) is 0 Å². The molecule has 0 spiro atoms. The molecule has 0 saturated heterocycles. The fourth-order valence-electron chi connectivity index (χ4n) is 2.74. The summed E-state index contributed by atoms with van der Waals surface area (Å²) in [4.78, 5) is 16.8. The van der Waals surface area contributed by atoms with Crippen molar-refractivity contribution < 1.29 is 9.18 Å². The van der Waals surface area contributed by atoms with E-state index in [0.29, 0.717) is 23.0 Å². The minimum absolute atomic E-state index is 0.126. The number of amides is 1. The smallest absolute Gasteiger partial charge is 0.252 e. The zero-order valence-electron chi connectivity index (χ0n) is 10.8. The summed E-state index contributed by atoms with van der Waals surface area (Å²) in [7, 11) is 0. The van der Waals surface area contributed by atoms with E-state index in [9.17, 15) is 9.18 Å². The van der Waals surface area contributed by atoms with E-state index in [1.807, 2.05) is 6.92 Å². The van der Waals surface area contributed by atoms with Crippen LogP contribution in [0.1, 0.15) is 35.0 Å². The minimum Gasteiger partial charge on any atom is -0.352 e. The highest BCUT2D eigenvalue weighted by Crippen LogP contribution is 2.30. The Labute approximate surface area is 110 Å². The van der Waals surface area contributed by atoms with Crippen LogP contribution in [0.25, 0.3) is 10.9 Å². The lowest BCUT2D eigenvalue weighted by Crippen LogP contribution is -2.24. The number of carbonyl (C=O) groups excluding carboxylic acids is 1. The largest absolute Gasteiger partial charge is 0.352 e. The van der Waals surface area contributed by atoms with Crippen molar-refractivity contribution in [1.29, 1.82) is 0 Å². The normalized spacial score (nSPS) is 13.6. The Kier molecular flexibility index (Phi) is 2.93. The molecule has 19 heavy (non-hydrogen) atoms. The van der Waals surface area contributed by atoms with Gasteiger partial charge in [-0.2, -0.15) is 0 Å². The number of benzene rings is 1. The second-order valence-electron chi connectivity index (χ2n) is 4.79. The summed E-state index contributed by atoms with van der Waals surface area (Å²) in [5.41, 5.74) is 3.28. The summed E-state index contributed by atoms with van der Waals surface area (Å²) in [6.07, 6.45) is 2.75. The predicted molar refractivity (Wildman–Crippen MR) is 71.7 cm³/mol. The maximum Gasteiger partial charge on any atom is 0.252 e. The zero-order chi connectivity index (χ0) is 13.4. The summed E-state index contributed by atoms with van der Waals surface area (Å²) in [6.45, 7) is 2.44. The zero-order valence-corrected chi connectivity index (χ0v) is 10.8. The molecule has 1 heterocycles. The summed E-state index contributed by atoms with van der Waals surface area (Å²) < 4.78 is 13.5. The van der Waals surface area contributed by atoms with E-state index in [4.69, 9.17) is 0 Å². The highest BCUT2D eigenvalue weighted by atomic mass is 19.1. The van der Waals surface area contributed by atoms with Crippen molar-refractivity contribution in [2.75, 3.05) is 6.54 Å². The molecule has 1 aromatic heterocycles. The molecule has 0 aliphatic heterocycles. The standard InChI is InChI=1S/C15H15FN2O/c1-2-17-15(19)14-10-4-3-5-12(10)18-13-7-6-9(16)8-11(13)14/h6-8H,2-5H2,1H3,(H,17,19). The van der Waals surface area contributed by atoms with E-state index in [1.54, 1.807) is 6.07 Å². The van der Waals surface area contributed by atoms with Crippen LogP contribution in [0.4, 0.5) is 4.39 Å². The van der Waals surface area contributed by atoms with Gasteiger partial charge in [0.05, 0.1) is 11.1 Å². The van der Waals surface area contributed by atoms with Crippen LogP contribution in [-0.4, -0.2) is 17.4 Å². The van der Waals surface area contributed by atoms with Gasteiger partial charge in [-0.15, -0.1) is 0 Å². The molecular weight excluding hydrogens is 243 g/mol. The van der Waals surface area contributed by atoms with Crippen molar-refractivity contribution in [2.24, 2.45) is 0 Å². The van der Waals surface area contributed by atoms with Gasteiger partial charge in [-0.1, -0.05) is 0 Å². The van der Waals surface area contributed by atoms with Gasteiger partial charge in [0, 0.05) is 17.6 Å². The molecule has 2 aromatic rings. The van der Waals surface area contributed by atoms with Crippen LogP contribution >= 0.6 is 0 Å². The summed E-state index contributed by atoms with van der Waals surface area (Å²) in [5.74, 6) is -0.462. The quantitative estimate of drug-likeness (QED) is 0.899. The van der Waals surface area contributed by atoms with Crippen molar-refractivity contribution in [3.8, 4) is 0 Å². The fourth-order valence-corrected chi connectivity index (χ4v) is 2.74. The number of nitrogens with zero attached hydrogens (tertiary/aromatic N) is 1. The fraction of sp³-hybridized carbons (Fsp3) is 0.333. The number of carbonyl (C=O) groups is 1. The lowest BCUT2D eigenvalue weighted by molar-refractivity contribution is 0.0956. The van der Waals surface area contributed by atoms with Gasteiger partial charge in [-0.05, 0) is 49.9 Å². The molecule has 0 unspecified atom stereocenters. The number of nitrogens with one attached hydrogen (secondary N) is 1. The molecule has 0 fully saturated rings. The van der Waals surface area contributed by atoms with E-state index in [1.165, 1.54) is 12.1 Å². The lowest BCUT2D eigenvalue weighted by atomic mass is 10.0. The van der Waals surface area contributed by atoms with Gasteiger partial charge in [-0.25, -0.2) is 4.39 Å². The first-order valence-electron chi connectivity index (χ1n) is 6.60. The average molecular weight is 258 g/mol. The number of aromatic nitrogens is 1. The number of hydrogen-bond acceptors (Lipinski definition) is 2. The van der Waals surface area contributed by atoms with E-state index in [2.05, 4.69) is 10.3 Å². The highest BCUT2D eigenvalue weighted by molar-refractivity contribution is 6.07. The number of hydrogen-bond donors (Lipinski definition) is 1. The van der Waals surface area contributed by atoms with Crippen molar-refractivity contribution >= 4 is 16.8 Å². The van der Waals surface area contributed by atoms with Gasteiger partial charge in [0.15, 0.2) is 0 Å². The van der Waals surface area contributed by atoms with Crippen LogP contribution in [0.2, 0.25) is 0 Å². The Morgan fingerprint density at radius 2 is 2.26 bits per heavy atom. The van der Waals surface area contributed by atoms with Gasteiger partial charge in [-0.3, -0.25) is 9.78 Å². The van der Waals surface area contributed by atoms with Gasteiger partial charge in [0.25, 0.3) is 5.91 Å². The van der Waals surface area contributed by atoms with Crippen LogP contribution in [-0.2, 0) is 12.8 Å². The number of aryl methyl sites for hydroxylation is 1. The maximum absolute atomic E-state index is 13.5. The monoisotopic (exact) mass is 258 g/mol. The predicted octanol–water partition coefficient (Wildman–Crippen LogP) is 2.61. The van der Waals surface area contributed by atoms with Crippen LogP contribution in [0.3, 0.4) is 0 Å². The molecule has 0 atom stereocenters. The Hall–Kier alpha value is -1.97. The first-order chi connectivity index (χ1) is 9.20. The van der Waals surface area contributed by atoms with Gasteiger partial charge < -0.3 is 5.32 Å². The molecule has 98 valence electrons. The molecule has 1 amide bonds.